The smallest absolute Gasteiger partial charge is 0.146 e. The third-order valence-electron chi connectivity index (χ3n) is 4.62. The van der Waals surface area contributed by atoms with Crippen LogP contribution in [0.1, 0.15) is 30.9 Å². The minimum Gasteiger partial charge on any atom is -0.355 e. The van der Waals surface area contributed by atoms with Crippen molar-refractivity contribution in [2.45, 2.75) is 26.2 Å². The molecule has 0 N–H and O–H groups in total. The molecule has 22 heavy (non-hydrogen) atoms. The molecular formula is C19H21N3. The van der Waals surface area contributed by atoms with E-state index in [0.29, 0.717) is 11.0 Å². The third kappa shape index (κ3) is 3.12. The molecule has 1 aliphatic heterocycles. The monoisotopic (exact) mass is 291 g/mol. The predicted molar refractivity (Wildman–Crippen MR) is 88.7 cm³/mol. The van der Waals surface area contributed by atoms with Crippen LogP contribution in [0.4, 0.5) is 5.82 Å². The van der Waals surface area contributed by atoms with Crippen LogP contribution in [0.15, 0.2) is 48.7 Å². The Morgan fingerprint density at radius 3 is 2.82 bits per heavy atom. The van der Waals surface area contributed by atoms with Gasteiger partial charge in [-0.05, 0) is 42.4 Å². The molecule has 1 aliphatic rings. The lowest BCUT2D eigenvalue weighted by atomic mass is 9.83. The molecule has 112 valence electrons. The van der Waals surface area contributed by atoms with Crippen LogP contribution >= 0.6 is 0 Å². The zero-order chi connectivity index (χ0) is 15.4. The zero-order valence-electron chi connectivity index (χ0n) is 13.0. The Morgan fingerprint density at radius 1 is 1.23 bits per heavy atom. The highest BCUT2D eigenvalue weighted by atomic mass is 15.2. The van der Waals surface area contributed by atoms with Gasteiger partial charge in [0.1, 0.15) is 11.9 Å². The number of benzene rings is 1. The Kier molecular flexibility index (Phi) is 4.11. The lowest BCUT2D eigenvalue weighted by molar-refractivity contribution is 0.339. The maximum Gasteiger partial charge on any atom is 0.146 e. The first-order chi connectivity index (χ1) is 10.7. The van der Waals surface area contributed by atoms with E-state index in [-0.39, 0.29) is 0 Å². The molecule has 1 atom stereocenters. The molecule has 0 aliphatic carbocycles. The van der Waals surface area contributed by atoms with Gasteiger partial charge in [-0.1, -0.05) is 37.3 Å². The number of pyridine rings is 1. The van der Waals surface area contributed by atoms with Crippen LogP contribution in [0, 0.1) is 16.7 Å². The molecule has 1 fully saturated rings. The Bertz CT molecular complexity index is 675. The van der Waals surface area contributed by atoms with E-state index in [4.69, 9.17) is 0 Å². The van der Waals surface area contributed by atoms with E-state index in [1.54, 1.807) is 6.20 Å². The summed E-state index contributed by atoms with van der Waals surface area (Å²) in [5, 5.41) is 9.24. The summed E-state index contributed by atoms with van der Waals surface area (Å²) in [6.07, 6.45) is 5.21. The lowest BCUT2D eigenvalue weighted by Crippen LogP contribution is -2.26. The highest BCUT2D eigenvalue weighted by molar-refractivity contribution is 5.54. The highest BCUT2D eigenvalue weighted by Gasteiger charge is 2.34. The molecule has 1 aromatic carbocycles. The van der Waals surface area contributed by atoms with Gasteiger partial charge in [0, 0.05) is 19.3 Å². The van der Waals surface area contributed by atoms with Gasteiger partial charge >= 0.3 is 0 Å². The van der Waals surface area contributed by atoms with Gasteiger partial charge in [-0.25, -0.2) is 4.98 Å². The van der Waals surface area contributed by atoms with Gasteiger partial charge in [0.25, 0.3) is 0 Å². The Balaban J connectivity index is 1.67. The summed E-state index contributed by atoms with van der Waals surface area (Å²) in [4.78, 5) is 6.69. The van der Waals surface area contributed by atoms with Gasteiger partial charge in [0.2, 0.25) is 0 Å². The zero-order valence-corrected chi connectivity index (χ0v) is 13.0. The standard InChI is InChI=1S/C19H21N3/c1-19(10-9-16-6-3-2-4-7-16)11-13-22(15-19)18-17(14-20)8-5-12-21-18/h2-8,12H,9-11,13,15H2,1H3/t19-/m0/s1. The largest absolute Gasteiger partial charge is 0.355 e. The van der Waals surface area contributed by atoms with Gasteiger partial charge in [0.05, 0.1) is 5.56 Å². The van der Waals surface area contributed by atoms with Crippen molar-refractivity contribution in [1.29, 1.82) is 5.26 Å². The number of hydrogen-bond acceptors (Lipinski definition) is 3. The van der Waals surface area contributed by atoms with Crippen molar-refractivity contribution < 1.29 is 0 Å². The predicted octanol–water partition coefficient (Wildman–Crippen LogP) is 3.80. The number of rotatable bonds is 4. The van der Waals surface area contributed by atoms with Crippen LogP contribution in [0.3, 0.4) is 0 Å². The molecule has 1 aromatic heterocycles. The van der Waals surface area contributed by atoms with Crippen molar-refractivity contribution in [3.05, 3.63) is 59.8 Å². The minimum absolute atomic E-state index is 0.292. The summed E-state index contributed by atoms with van der Waals surface area (Å²) >= 11 is 0. The molecule has 0 bridgehead atoms. The quantitative estimate of drug-likeness (QED) is 0.860. The maximum atomic E-state index is 9.24. The molecule has 0 radical (unpaired) electrons. The van der Waals surface area contributed by atoms with E-state index in [2.05, 4.69) is 53.2 Å². The summed E-state index contributed by atoms with van der Waals surface area (Å²) in [7, 11) is 0. The van der Waals surface area contributed by atoms with Gasteiger partial charge < -0.3 is 4.90 Å². The third-order valence-corrected chi connectivity index (χ3v) is 4.62. The molecule has 0 amide bonds. The maximum absolute atomic E-state index is 9.24. The summed E-state index contributed by atoms with van der Waals surface area (Å²) in [5.74, 6) is 0.841. The van der Waals surface area contributed by atoms with Crippen molar-refractivity contribution in [3.63, 3.8) is 0 Å². The Hall–Kier alpha value is -2.34. The van der Waals surface area contributed by atoms with Crippen molar-refractivity contribution in [1.82, 2.24) is 4.98 Å². The van der Waals surface area contributed by atoms with Crippen LogP contribution in [0.5, 0.6) is 0 Å². The van der Waals surface area contributed by atoms with E-state index >= 15 is 0 Å². The van der Waals surface area contributed by atoms with Crippen molar-refractivity contribution >= 4 is 5.82 Å². The molecule has 3 nitrogen and oxygen atoms in total. The number of nitrogens with zero attached hydrogens (tertiary/aromatic N) is 3. The fraction of sp³-hybridized carbons (Fsp3) is 0.368. The molecule has 2 heterocycles. The Labute approximate surface area is 132 Å². The molecular weight excluding hydrogens is 270 g/mol. The van der Waals surface area contributed by atoms with Gasteiger partial charge in [-0.2, -0.15) is 5.26 Å². The second-order valence-corrected chi connectivity index (χ2v) is 6.45. The van der Waals surface area contributed by atoms with Crippen molar-refractivity contribution in [2.75, 3.05) is 18.0 Å². The Morgan fingerprint density at radius 2 is 2.05 bits per heavy atom. The van der Waals surface area contributed by atoms with E-state index < -0.39 is 0 Å². The number of nitriles is 1. The lowest BCUT2D eigenvalue weighted by Gasteiger charge is -2.25. The normalized spacial score (nSPS) is 20.8. The average Bonchev–Trinajstić information content (AvgIpc) is 2.97. The van der Waals surface area contributed by atoms with E-state index in [1.165, 1.54) is 12.0 Å². The van der Waals surface area contributed by atoms with Crippen LogP contribution in [-0.4, -0.2) is 18.1 Å². The molecule has 1 saturated heterocycles. The number of anilines is 1. The first-order valence-corrected chi connectivity index (χ1v) is 7.84. The van der Waals surface area contributed by atoms with Crippen LogP contribution in [0.2, 0.25) is 0 Å². The van der Waals surface area contributed by atoms with E-state index in [0.717, 1.165) is 31.7 Å². The molecule has 2 aromatic rings. The summed E-state index contributed by atoms with van der Waals surface area (Å²) in [6.45, 7) is 4.31. The molecule has 0 saturated carbocycles. The van der Waals surface area contributed by atoms with Crippen molar-refractivity contribution in [3.8, 4) is 6.07 Å². The van der Waals surface area contributed by atoms with Crippen LogP contribution < -0.4 is 4.90 Å². The van der Waals surface area contributed by atoms with Gasteiger partial charge in [-0.3, -0.25) is 0 Å². The molecule has 0 unspecified atom stereocenters. The number of aryl methyl sites for hydroxylation is 1. The van der Waals surface area contributed by atoms with Crippen LogP contribution in [0.25, 0.3) is 0 Å². The SMILES string of the molecule is C[C@]1(CCc2ccccc2)CCN(c2ncccc2C#N)C1. The first kappa shape index (κ1) is 14.6. The molecule has 3 heteroatoms. The summed E-state index contributed by atoms with van der Waals surface area (Å²) in [6, 6.07) is 16.6. The second-order valence-electron chi connectivity index (χ2n) is 6.45. The van der Waals surface area contributed by atoms with E-state index in [1.807, 2.05) is 12.1 Å². The fourth-order valence-electron chi connectivity index (χ4n) is 3.24. The minimum atomic E-state index is 0.292. The number of aromatic nitrogens is 1. The average molecular weight is 291 g/mol. The summed E-state index contributed by atoms with van der Waals surface area (Å²) in [5.41, 5.74) is 2.37. The summed E-state index contributed by atoms with van der Waals surface area (Å²) < 4.78 is 0. The van der Waals surface area contributed by atoms with Gasteiger partial charge in [-0.15, -0.1) is 0 Å². The second kappa shape index (κ2) is 6.19. The van der Waals surface area contributed by atoms with Crippen LogP contribution in [-0.2, 0) is 6.42 Å². The van der Waals surface area contributed by atoms with E-state index in [9.17, 15) is 5.26 Å². The number of hydrogen-bond donors (Lipinski definition) is 0. The molecule has 0 spiro atoms. The van der Waals surface area contributed by atoms with Crippen molar-refractivity contribution in [2.24, 2.45) is 5.41 Å². The highest BCUT2D eigenvalue weighted by Crippen LogP contribution is 2.37. The first-order valence-electron chi connectivity index (χ1n) is 7.84. The fourth-order valence-corrected chi connectivity index (χ4v) is 3.24. The van der Waals surface area contributed by atoms with Gasteiger partial charge in [0.15, 0.2) is 0 Å². The molecule has 3 rings (SSSR count). The topological polar surface area (TPSA) is 39.9 Å².